The second-order valence-electron chi connectivity index (χ2n) is 18.4. The molecule has 0 aliphatic carbocycles. The fraction of sp³-hybridized carbons (Fsp3) is 0.690. The van der Waals surface area contributed by atoms with Crippen molar-refractivity contribution >= 4 is 47.0 Å². The van der Waals surface area contributed by atoms with E-state index in [0.717, 1.165) is 49.6 Å². The molecule has 0 saturated heterocycles. The number of Topliss-reactive ketones (excluding diaryl/α,β-unsaturated/α-hetero) is 2. The summed E-state index contributed by atoms with van der Waals surface area (Å²) in [7, 11) is 0. The normalized spacial score (nSPS) is 14.0. The van der Waals surface area contributed by atoms with Gasteiger partial charge in [-0.2, -0.15) is 0 Å². The molecule has 0 radical (unpaired) electrons. The Labute approximate surface area is 451 Å². The van der Waals surface area contributed by atoms with Gasteiger partial charge in [0.15, 0.2) is 0 Å². The summed E-state index contributed by atoms with van der Waals surface area (Å²) in [4.78, 5) is 55.0. The van der Waals surface area contributed by atoms with E-state index < -0.39 is 11.9 Å². The molecule has 0 aromatic heterocycles. The first-order valence-electron chi connectivity index (χ1n) is 27.9. The predicted molar refractivity (Wildman–Crippen MR) is 291 cm³/mol. The molecule has 0 atom stereocenters. The first-order chi connectivity index (χ1) is 36.5. The zero-order valence-corrected chi connectivity index (χ0v) is 46.5. The Morgan fingerprint density at radius 3 is 0.892 bits per heavy atom. The Balaban J connectivity index is 1.01. The van der Waals surface area contributed by atoms with E-state index >= 15 is 0 Å². The topological polar surface area (TPSA) is 161 Å². The number of hydrogen-bond acceptors (Lipinski definition) is 16. The maximum atomic E-state index is 13.7. The van der Waals surface area contributed by atoms with Crippen molar-refractivity contribution in [3.05, 3.63) is 68.5 Å². The zero-order valence-electron chi connectivity index (χ0n) is 44.9. The monoisotopic (exact) mass is 1070 g/mol. The first-order valence-corrected chi connectivity index (χ1v) is 29.5. The third-order valence-electron chi connectivity index (χ3n) is 12.4. The smallest absolute Gasteiger partial charge is 0.339 e. The highest BCUT2D eigenvalue weighted by molar-refractivity contribution is 8.08. The van der Waals surface area contributed by atoms with E-state index in [4.69, 9.17) is 47.4 Å². The number of esters is 2. The second kappa shape index (κ2) is 41.9. The number of thioether (sulfide) groups is 2. The summed E-state index contributed by atoms with van der Waals surface area (Å²) in [6.45, 7) is 11.9. The number of benzene rings is 2. The minimum atomic E-state index is -0.607. The van der Waals surface area contributed by atoms with Gasteiger partial charge in [0.2, 0.25) is 11.6 Å². The molecule has 2 heterocycles. The highest BCUT2D eigenvalue weighted by Gasteiger charge is 2.39. The maximum Gasteiger partial charge on any atom is 0.339 e. The minimum absolute atomic E-state index is 0.00655. The van der Waals surface area contributed by atoms with Crippen LogP contribution in [0.4, 0.5) is 0 Å². The van der Waals surface area contributed by atoms with Crippen molar-refractivity contribution in [3.8, 4) is 0 Å². The minimum Gasteiger partial charge on any atom is -0.460 e. The highest BCUT2D eigenvalue weighted by atomic mass is 32.2. The molecule has 2 aromatic carbocycles. The molecule has 0 spiro atoms. The van der Waals surface area contributed by atoms with E-state index in [1.807, 2.05) is 0 Å². The molecule has 2 aromatic rings. The fourth-order valence-electron chi connectivity index (χ4n) is 8.26. The van der Waals surface area contributed by atoms with Gasteiger partial charge in [-0.3, -0.25) is 9.59 Å². The van der Waals surface area contributed by atoms with Gasteiger partial charge in [-0.15, -0.1) is 0 Å². The molecule has 4 rings (SSSR count). The van der Waals surface area contributed by atoms with Crippen LogP contribution in [0.3, 0.4) is 0 Å². The molecule has 16 heteroatoms. The molecule has 2 aliphatic rings. The number of ether oxygens (including phenoxy) is 10. The number of rotatable bonds is 48. The summed E-state index contributed by atoms with van der Waals surface area (Å²) < 4.78 is 55.8. The number of carbonyl (C=O) groups is 4. The summed E-state index contributed by atoms with van der Waals surface area (Å²) in [5, 5.41) is 0. The molecule has 0 unspecified atom stereocenters. The van der Waals surface area contributed by atoms with Crippen LogP contribution in [0, 0.1) is 0 Å². The molecule has 74 heavy (non-hydrogen) atoms. The predicted octanol–water partition coefficient (Wildman–Crippen LogP) is 12.5. The van der Waals surface area contributed by atoms with Gasteiger partial charge in [0.05, 0.1) is 113 Å². The van der Waals surface area contributed by atoms with Gasteiger partial charge in [-0.1, -0.05) is 165 Å². The molecule has 0 N–H and O–H groups in total. The maximum absolute atomic E-state index is 13.7. The Hall–Kier alpha value is -3.16. The molecule has 0 fully saturated rings. The van der Waals surface area contributed by atoms with E-state index in [1.54, 1.807) is 36.4 Å². The summed E-state index contributed by atoms with van der Waals surface area (Å²) in [6, 6.07) is 9.65. The lowest BCUT2D eigenvalue weighted by molar-refractivity contribution is -0.00926. The van der Waals surface area contributed by atoms with Gasteiger partial charge >= 0.3 is 11.9 Å². The number of hydrogen-bond donors (Lipinski definition) is 0. The van der Waals surface area contributed by atoms with Gasteiger partial charge in [0.1, 0.15) is 13.2 Å². The average molecular weight is 1070 g/mol. The van der Waals surface area contributed by atoms with Gasteiger partial charge in [0.25, 0.3) is 0 Å². The van der Waals surface area contributed by atoms with E-state index in [1.165, 1.54) is 116 Å². The first kappa shape index (κ1) is 63.4. The van der Waals surface area contributed by atoms with Crippen LogP contribution < -0.4 is 0 Å². The summed E-state index contributed by atoms with van der Waals surface area (Å²) in [6.07, 6.45) is 26.1. The fourth-order valence-corrected chi connectivity index (χ4v) is 10.8. The van der Waals surface area contributed by atoms with Crippen molar-refractivity contribution in [2.24, 2.45) is 0 Å². The third-order valence-corrected chi connectivity index (χ3v) is 15.0. The van der Waals surface area contributed by atoms with Gasteiger partial charge in [0, 0.05) is 34.1 Å². The Kier molecular flexibility index (Phi) is 35.9. The van der Waals surface area contributed by atoms with Gasteiger partial charge < -0.3 is 47.4 Å². The van der Waals surface area contributed by atoms with Crippen molar-refractivity contribution in [1.29, 1.82) is 0 Å². The number of carbonyl (C=O) groups excluding carboxylic acids is 4. The third kappa shape index (κ3) is 25.8. The summed E-state index contributed by atoms with van der Waals surface area (Å²) >= 11 is 2.12. The van der Waals surface area contributed by atoms with Crippen LogP contribution in [0.1, 0.15) is 184 Å². The molecule has 0 bridgehead atoms. The van der Waals surface area contributed by atoms with Crippen LogP contribution in [0.2, 0.25) is 0 Å². The van der Waals surface area contributed by atoms with Crippen LogP contribution in [0.5, 0.6) is 0 Å². The van der Waals surface area contributed by atoms with Crippen molar-refractivity contribution in [1.82, 2.24) is 0 Å². The zero-order chi connectivity index (χ0) is 52.5. The lowest BCUT2D eigenvalue weighted by Gasteiger charge is -2.09. The van der Waals surface area contributed by atoms with Crippen LogP contribution in [-0.4, -0.2) is 142 Å². The highest BCUT2D eigenvalue weighted by Crippen LogP contribution is 2.51. The van der Waals surface area contributed by atoms with Crippen molar-refractivity contribution in [3.63, 3.8) is 0 Å². The summed E-state index contributed by atoms with van der Waals surface area (Å²) in [5.74, 6) is -1.96. The Morgan fingerprint density at radius 1 is 0.338 bits per heavy atom. The lowest BCUT2D eigenvalue weighted by atomic mass is 10.0. The molecule has 2 aliphatic heterocycles. The molecular weight excluding hydrogens is 985 g/mol. The SMILES string of the molecule is CCCCCCCCCCCCOCCOCCOCCOCCOC(=O)c1cccc2c1S/C(=C1/Sc3c(C(=O)OCCOCCOCCOCCOCCCCCCCCCCCC)cccc3C1=O)C2=O. The molecule has 416 valence electrons. The quantitative estimate of drug-likeness (QED) is 0.0349. The molecular formula is C58H88O14S2. The van der Waals surface area contributed by atoms with Crippen LogP contribution in [0.15, 0.2) is 56.0 Å². The Bertz CT molecular complexity index is 1770. The van der Waals surface area contributed by atoms with E-state index in [0.29, 0.717) is 100 Å². The lowest BCUT2D eigenvalue weighted by Crippen LogP contribution is -2.15. The average Bonchev–Trinajstić information content (AvgIpc) is 3.93. The summed E-state index contributed by atoms with van der Waals surface area (Å²) in [5.41, 5.74) is 1.04. The van der Waals surface area contributed by atoms with Crippen LogP contribution in [-0.2, 0) is 47.4 Å². The number of allylic oxidation sites excluding steroid dienone is 2. The second-order valence-corrected chi connectivity index (χ2v) is 20.5. The van der Waals surface area contributed by atoms with Gasteiger partial charge in [-0.05, 0) is 37.1 Å². The Morgan fingerprint density at radius 2 is 0.595 bits per heavy atom. The molecule has 14 nitrogen and oxygen atoms in total. The number of fused-ring (bicyclic) bond motifs is 2. The number of unbranched alkanes of at least 4 members (excludes halogenated alkanes) is 18. The standard InChI is InChI=1S/C58H88O14S2/c1-3-5-7-9-11-13-15-17-19-21-29-63-31-33-65-35-37-67-39-41-69-43-45-71-57(61)49-27-23-25-47-51(59)55(73-53(47)49)56-52(60)48-26-24-28-50(54(48)74-56)58(62)72-46-44-70-42-40-68-38-36-66-34-32-64-30-22-20-18-16-14-12-10-8-6-4-2/h23-28H,3-22,29-46H2,1-2H3/b56-55+. The van der Waals surface area contributed by atoms with Crippen LogP contribution in [0.25, 0.3) is 0 Å². The largest absolute Gasteiger partial charge is 0.460 e. The van der Waals surface area contributed by atoms with Crippen molar-refractivity contribution in [2.45, 2.75) is 152 Å². The van der Waals surface area contributed by atoms with E-state index in [-0.39, 0.29) is 58.9 Å². The van der Waals surface area contributed by atoms with E-state index in [9.17, 15) is 19.2 Å². The van der Waals surface area contributed by atoms with E-state index in [2.05, 4.69) is 13.8 Å². The number of ketones is 2. The molecule has 0 saturated carbocycles. The molecule has 0 amide bonds. The van der Waals surface area contributed by atoms with Gasteiger partial charge in [-0.25, -0.2) is 9.59 Å². The van der Waals surface area contributed by atoms with Crippen LogP contribution >= 0.6 is 23.5 Å². The van der Waals surface area contributed by atoms with Crippen molar-refractivity contribution in [2.75, 3.05) is 119 Å². The van der Waals surface area contributed by atoms with Crippen molar-refractivity contribution < 1.29 is 66.5 Å².